The minimum absolute atomic E-state index is 0.0150. The molecule has 0 radical (unpaired) electrons. The Morgan fingerprint density at radius 3 is 1.78 bits per heavy atom. The number of fused-ring (bicyclic) bond motifs is 29. The Labute approximate surface area is 498 Å². The predicted molar refractivity (Wildman–Crippen MR) is 325 cm³/mol. The molecule has 0 aromatic heterocycles. The Morgan fingerprint density at radius 2 is 1.19 bits per heavy atom. The quantitative estimate of drug-likeness (QED) is 0.0778. The van der Waals surface area contributed by atoms with Gasteiger partial charge in [-0.1, -0.05) is 109 Å². The molecular weight excluding hydrogens is 1070 g/mol. The van der Waals surface area contributed by atoms with Crippen LogP contribution in [0.4, 0.5) is 0 Å². The number of rotatable bonds is 18. The number of aryl methyl sites for hydroxylation is 1. The van der Waals surface area contributed by atoms with Gasteiger partial charge in [-0.3, -0.25) is 43.2 Å². The van der Waals surface area contributed by atoms with Gasteiger partial charge in [0.2, 0.25) is 47.3 Å². The van der Waals surface area contributed by atoms with Gasteiger partial charge in [-0.05, 0) is 112 Å². The zero-order valence-electron chi connectivity index (χ0n) is 50.3. The van der Waals surface area contributed by atoms with Crippen molar-refractivity contribution in [2.75, 3.05) is 64.7 Å². The van der Waals surface area contributed by atoms with E-state index in [1.54, 1.807) is 19.1 Å². The van der Waals surface area contributed by atoms with E-state index < -0.39 is 47.8 Å². The van der Waals surface area contributed by atoms with Crippen molar-refractivity contribution >= 4 is 64.9 Å². The molecule has 460 valence electrons. The first kappa shape index (κ1) is 67.8. The fraction of sp³-hybridized carbons (Fsp3) is 0.667. The van der Waals surface area contributed by atoms with Gasteiger partial charge in [0.15, 0.2) is 0 Å². The minimum Gasteiger partial charge on any atom is -0.368 e. The van der Waals surface area contributed by atoms with Gasteiger partial charge in [0.1, 0.15) is 0 Å². The third-order valence-corrected chi connectivity index (χ3v) is 16.7. The molecule has 83 heavy (non-hydrogen) atoms. The Bertz CT molecular complexity index is 2400. The third kappa shape index (κ3) is 26.6. The van der Waals surface area contributed by atoms with E-state index in [-0.39, 0.29) is 125 Å². The lowest BCUT2D eigenvalue weighted by Gasteiger charge is -2.32. The van der Waals surface area contributed by atoms with Gasteiger partial charge in [0.05, 0.1) is 26.2 Å². The van der Waals surface area contributed by atoms with E-state index >= 15 is 0 Å². The van der Waals surface area contributed by atoms with Gasteiger partial charge in [-0.15, -0.1) is 0 Å². The van der Waals surface area contributed by atoms with Crippen molar-refractivity contribution in [2.24, 2.45) is 35.1 Å². The monoisotopic (exact) mass is 1170 g/mol. The number of primary amides is 1. The zero-order chi connectivity index (χ0) is 60.3. The van der Waals surface area contributed by atoms with E-state index in [2.05, 4.69) is 21.3 Å². The first-order valence-electron chi connectivity index (χ1n) is 30.7. The number of carbonyl (C=O) groups is 9. The SMILES string of the molecule is CC(C)C[C@H]1CN(CC(N)=O)C(=O)CCSCc2ccc(cc2)C(=O)N[C@@H](C)CN(C(=O)CCc2ccccc2)CC(=O)N[C@@H](CC(C)C)CN(C(=O)CC2CC2)CC(=O)N[C@@H](CCCCN)CN(C(=O)CCC2CCCCC2)CC(=O)N1. The average molecular weight is 1170 g/mol. The highest BCUT2D eigenvalue weighted by atomic mass is 32.2. The third-order valence-electron chi connectivity index (χ3n) is 15.6. The number of nitrogens with two attached hydrogens (primary N) is 2. The van der Waals surface area contributed by atoms with Crippen LogP contribution in [0.1, 0.15) is 165 Å². The topological polar surface area (TPSA) is 267 Å². The molecule has 2 heterocycles. The van der Waals surface area contributed by atoms with E-state index in [9.17, 15) is 43.2 Å². The molecule has 6 rings (SSSR count). The molecule has 2 aliphatic carbocycles. The molecule has 2 aliphatic heterocycles. The fourth-order valence-corrected chi connectivity index (χ4v) is 12.1. The second kappa shape index (κ2) is 36.0. The maximum absolute atomic E-state index is 14.5. The largest absolute Gasteiger partial charge is 0.368 e. The molecule has 0 saturated heterocycles. The van der Waals surface area contributed by atoms with E-state index in [0.717, 1.165) is 49.7 Å². The second-order valence-electron chi connectivity index (χ2n) is 24.5. The number of amides is 9. The average Bonchev–Trinajstić information content (AvgIpc) is 4.36. The molecule has 9 amide bonds. The molecule has 2 bridgehead atoms. The number of unbranched alkanes of at least 4 members (excludes halogenated alkanes) is 1. The summed E-state index contributed by atoms with van der Waals surface area (Å²) in [6.07, 6.45) is 11.7. The van der Waals surface area contributed by atoms with Gasteiger partial charge >= 0.3 is 0 Å². The maximum atomic E-state index is 14.5. The molecule has 2 saturated carbocycles. The Morgan fingerprint density at radius 1 is 0.627 bits per heavy atom. The van der Waals surface area contributed by atoms with Gasteiger partial charge in [-0.2, -0.15) is 11.8 Å². The molecule has 4 aliphatic rings. The van der Waals surface area contributed by atoms with Crippen LogP contribution in [-0.2, 0) is 50.5 Å². The summed E-state index contributed by atoms with van der Waals surface area (Å²) >= 11 is 1.51. The van der Waals surface area contributed by atoms with Crippen molar-refractivity contribution in [3.05, 3.63) is 71.3 Å². The standard InChI is InChI=1S/C63H98N10O9S/c1-44(2)32-53-37-71(39-55(65)74)61(80)29-31-83-43-50-21-25-51(26-22-50)63(82)66-46(5)35-70(59(78)27-23-47-14-8-6-9-15-47)40-57(76)69-54(33-45(3)4)38-73(62(81)34-49-19-20-49)42-56(75)67-52(18-12-13-30-64)36-72(41-58(77)68-53)60(79)28-24-48-16-10-7-11-17-48/h6,8-9,14-15,21-22,25-26,44-46,48-49,52-54H,7,10-13,16-20,23-24,27-43,64H2,1-5H3,(H2,65,74)(H,66,82)(H,67,75)(H,68,77)(H,69,76)/t46-,52-,53-,54-/m0/s1. The normalized spacial score (nSPS) is 21.6. The van der Waals surface area contributed by atoms with Crippen LogP contribution in [-0.4, -0.2) is 162 Å². The van der Waals surface area contributed by atoms with Crippen LogP contribution < -0.4 is 32.7 Å². The summed E-state index contributed by atoms with van der Waals surface area (Å²) in [5, 5.41) is 12.4. The van der Waals surface area contributed by atoms with Crippen LogP contribution in [0.15, 0.2) is 54.6 Å². The summed E-state index contributed by atoms with van der Waals surface area (Å²) in [5.41, 5.74) is 13.9. The first-order chi connectivity index (χ1) is 39.7. The fourth-order valence-electron chi connectivity index (χ4n) is 11.2. The van der Waals surface area contributed by atoms with Crippen LogP contribution in [0.5, 0.6) is 0 Å². The van der Waals surface area contributed by atoms with E-state index in [1.807, 2.05) is 70.2 Å². The number of nitrogens with one attached hydrogen (secondary N) is 4. The van der Waals surface area contributed by atoms with E-state index in [1.165, 1.54) is 37.8 Å². The summed E-state index contributed by atoms with van der Waals surface area (Å²) in [6, 6.07) is 14.3. The van der Waals surface area contributed by atoms with Gasteiger partial charge in [-0.25, -0.2) is 0 Å². The number of thioether (sulfide) groups is 1. The molecule has 2 aromatic rings. The number of hydrogen-bond acceptors (Lipinski definition) is 11. The number of benzene rings is 2. The lowest BCUT2D eigenvalue weighted by molar-refractivity contribution is -0.139. The van der Waals surface area contributed by atoms with Gasteiger partial charge in [0, 0.05) is 93.1 Å². The summed E-state index contributed by atoms with van der Waals surface area (Å²) in [4.78, 5) is 132. The molecule has 0 spiro atoms. The Balaban J connectivity index is 1.48. The minimum atomic E-state index is -0.693. The smallest absolute Gasteiger partial charge is 0.251 e. The molecule has 8 N–H and O–H groups in total. The highest BCUT2D eigenvalue weighted by Gasteiger charge is 2.33. The molecule has 2 aromatic carbocycles. The van der Waals surface area contributed by atoms with Crippen molar-refractivity contribution in [1.29, 1.82) is 0 Å². The van der Waals surface area contributed by atoms with Crippen LogP contribution in [0, 0.1) is 23.7 Å². The second-order valence-corrected chi connectivity index (χ2v) is 25.6. The Kier molecular flexibility index (Phi) is 29.4. The lowest BCUT2D eigenvalue weighted by atomic mass is 9.86. The summed E-state index contributed by atoms with van der Waals surface area (Å²) in [6.45, 7) is 9.02. The summed E-state index contributed by atoms with van der Waals surface area (Å²) < 4.78 is 0. The van der Waals surface area contributed by atoms with Crippen LogP contribution in [0.25, 0.3) is 0 Å². The lowest BCUT2D eigenvalue weighted by Crippen LogP contribution is -2.54. The van der Waals surface area contributed by atoms with Crippen LogP contribution in [0.3, 0.4) is 0 Å². The van der Waals surface area contributed by atoms with Crippen LogP contribution in [0.2, 0.25) is 0 Å². The maximum Gasteiger partial charge on any atom is 0.251 e. The molecule has 4 atom stereocenters. The predicted octanol–water partition coefficient (Wildman–Crippen LogP) is 5.71. The number of hydrogen-bond donors (Lipinski definition) is 6. The molecule has 19 nitrogen and oxygen atoms in total. The van der Waals surface area contributed by atoms with Gasteiger partial charge < -0.3 is 52.3 Å². The van der Waals surface area contributed by atoms with Gasteiger partial charge in [0.25, 0.3) is 5.91 Å². The van der Waals surface area contributed by atoms with Crippen LogP contribution >= 0.6 is 11.8 Å². The first-order valence-corrected chi connectivity index (χ1v) is 31.9. The van der Waals surface area contributed by atoms with Crippen molar-refractivity contribution < 1.29 is 43.2 Å². The molecular formula is C63H98N10O9S. The van der Waals surface area contributed by atoms with Crippen molar-refractivity contribution in [3.63, 3.8) is 0 Å². The van der Waals surface area contributed by atoms with Crippen molar-refractivity contribution in [2.45, 2.75) is 180 Å². The summed E-state index contributed by atoms with van der Waals surface area (Å²) in [5.74, 6) is -1.71. The molecule has 2 fully saturated rings. The Hall–Kier alpha value is -6.02. The zero-order valence-corrected chi connectivity index (χ0v) is 51.2. The van der Waals surface area contributed by atoms with Crippen molar-refractivity contribution in [3.8, 4) is 0 Å². The summed E-state index contributed by atoms with van der Waals surface area (Å²) in [7, 11) is 0. The molecule has 20 heteroatoms. The van der Waals surface area contributed by atoms with E-state index in [0.29, 0.717) is 74.5 Å². The van der Waals surface area contributed by atoms with E-state index in [4.69, 9.17) is 11.5 Å². The number of nitrogens with zero attached hydrogens (tertiary/aromatic N) is 4. The highest BCUT2D eigenvalue weighted by Crippen LogP contribution is 2.33. The van der Waals surface area contributed by atoms with Crippen molar-refractivity contribution in [1.82, 2.24) is 40.9 Å². The highest BCUT2D eigenvalue weighted by molar-refractivity contribution is 7.98. The molecule has 0 unspecified atom stereocenters. The number of carbonyl (C=O) groups excluding carboxylic acids is 9.